The molecular weight excluding hydrogens is 258 g/mol. The zero-order valence-electron chi connectivity index (χ0n) is 11.7. The fraction of sp³-hybridized carbons (Fsp3) is 0.533. The molecule has 2 unspecified atom stereocenters. The summed E-state index contributed by atoms with van der Waals surface area (Å²) in [4.78, 5) is 7.12. The Morgan fingerprint density at radius 1 is 1.42 bits per heavy atom. The van der Waals surface area contributed by atoms with Crippen LogP contribution in [0.15, 0.2) is 18.2 Å². The van der Waals surface area contributed by atoms with Crippen molar-refractivity contribution in [2.75, 3.05) is 20.1 Å². The monoisotopic (exact) mass is 277 g/mol. The highest BCUT2D eigenvalue weighted by atomic mass is 35.5. The molecule has 2 heterocycles. The summed E-state index contributed by atoms with van der Waals surface area (Å²) < 4.78 is 2.36. The molecule has 0 spiro atoms. The number of fused-ring (bicyclic) bond motifs is 1. The van der Waals surface area contributed by atoms with Crippen LogP contribution in [0, 0.1) is 6.92 Å². The smallest absolute Gasteiger partial charge is 0.128 e. The SMILES string of the molecule is Cc1ccc2c(c1)nc(C(C)Cl)n2C1CCN(C)C1. The van der Waals surface area contributed by atoms with E-state index in [2.05, 4.69) is 41.6 Å². The van der Waals surface area contributed by atoms with Crippen molar-refractivity contribution in [3.8, 4) is 0 Å². The molecule has 102 valence electrons. The highest BCUT2D eigenvalue weighted by Gasteiger charge is 2.26. The van der Waals surface area contributed by atoms with E-state index in [9.17, 15) is 0 Å². The van der Waals surface area contributed by atoms with E-state index in [0.29, 0.717) is 6.04 Å². The van der Waals surface area contributed by atoms with Crippen molar-refractivity contribution in [1.82, 2.24) is 14.5 Å². The molecule has 0 radical (unpaired) electrons. The minimum absolute atomic E-state index is 0.0568. The number of benzene rings is 1. The topological polar surface area (TPSA) is 21.1 Å². The summed E-state index contributed by atoms with van der Waals surface area (Å²) in [6.45, 7) is 6.33. The van der Waals surface area contributed by atoms with E-state index in [0.717, 1.165) is 24.4 Å². The Morgan fingerprint density at radius 3 is 2.84 bits per heavy atom. The molecule has 1 aliphatic rings. The number of aryl methyl sites for hydroxylation is 1. The number of hydrogen-bond acceptors (Lipinski definition) is 2. The van der Waals surface area contributed by atoms with Crippen molar-refractivity contribution in [1.29, 1.82) is 0 Å². The Balaban J connectivity index is 2.16. The fourth-order valence-corrected chi connectivity index (χ4v) is 3.17. The lowest BCUT2D eigenvalue weighted by molar-refractivity contribution is 0.392. The number of nitrogens with zero attached hydrogens (tertiary/aromatic N) is 3. The van der Waals surface area contributed by atoms with E-state index < -0.39 is 0 Å². The van der Waals surface area contributed by atoms with Gasteiger partial charge in [0.2, 0.25) is 0 Å². The summed E-state index contributed by atoms with van der Waals surface area (Å²) in [5.41, 5.74) is 3.53. The van der Waals surface area contributed by atoms with Gasteiger partial charge in [-0.2, -0.15) is 0 Å². The van der Waals surface area contributed by atoms with E-state index in [-0.39, 0.29) is 5.38 Å². The first-order valence-electron chi connectivity index (χ1n) is 6.87. The summed E-state index contributed by atoms with van der Waals surface area (Å²) in [7, 11) is 2.17. The van der Waals surface area contributed by atoms with Gasteiger partial charge in [0.25, 0.3) is 0 Å². The maximum atomic E-state index is 6.34. The maximum absolute atomic E-state index is 6.34. The third-order valence-electron chi connectivity index (χ3n) is 3.96. The lowest BCUT2D eigenvalue weighted by Crippen LogP contribution is -2.18. The fourth-order valence-electron chi connectivity index (χ4n) is 3.01. The van der Waals surface area contributed by atoms with E-state index in [1.165, 1.54) is 17.5 Å². The van der Waals surface area contributed by atoms with Crippen LogP contribution in [0.4, 0.5) is 0 Å². The van der Waals surface area contributed by atoms with Gasteiger partial charge in [-0.05, 0) is 51.6 Å². The number of rotatable bonds is 2. The molecule has 2 aromatic rings. The third-order valence-corrected chi connectivity index (χ3v) is 4.15. The summed E-state index contributed by atoms with van der Waals surface area (Å²) in [6, 6.07) is 6.97. The minimum atomic E-state index is -0.0568. The van der Waals surface area contributed by atoms with E-state index in [1.54, 1.807) is 0 Å². The van der Waals surface area contributed by atoms with Gasteiger partial charge in [-0.1, -0.05) is 6.07 Å². The molecule has 0 aliphatic carbocycles. The predicted octanol–water partition coefficient (Wildman–Crippen LogP) is 3.52. The first-order valence-corrected chi connectivity index (χ1v) is 7.31. The Labute approximate surface area is 119 Å². The van der Waals surface area contributed by atoms with Gasteiger partial charge in [0.05, 0.1) is 16.4 Å². The second-order valence-electron chi connectivity index (χ2n) is 5.65. The second-order valence-corrected chi connectivity index (χ2v) is 6.31. The number of likely N-dealkylation sites (N-methyl/N-ethyl adjacent to an activating group) is 1. The summed E-state index contributed by atoms with van der Waals surface area (Å²) in [5, 5.41) is -0.0568. The Bertz CT molecular complexity index is 603. The van der Waals surface area contributed by atoms with Crippen molar-refractivity contribution in [2.45, 2.75) is 31.7 Å². The van der Waals surface area contributed by atoms with Crippen LogP contribution in [0.3, 0.4) is 0 Å². The molecule has 3 nitrogen and oxygen atoms in total. The highest BCUT2D eigenvalue weighted by molar-refractivity contribution is 6.20. The summed E-state index contributed by atoms with van der Waals surface area (Å²) >= 11 is 6.34. The van der Waals surface area contributed by atoms with E-state index in [4.69, 9.17) is 16.6 Å². The van der Waals surface area contributed by atoms with Crippen molar-refractivity contribution < 1.29 is 0 Å². The summed E-state index contributed by atoms with van der Waals surface area (Å²) in [6.07, 6.45) is 1.17. The molecule has 1 aromatic carbocycles. The molecule has 2 atom stereocenters. The van der Waals surface area contributed by atoms with Gasteiger partial charge < -0.3 is 9.47 Å². The van der Waals surface area contributed by atoms with Gasteiger partial charge in [-0.25, -0.2) is 4.98 Å². The standard InChI is InChI=1S/C15H20ClN3/c1-10-4-5-14-13(8-10)17-15(11(2)16)19(14)12-6-7-18(3)9-12/h4-5,8,11-12H,6-7,9H2,1-3H3. The van der Waals surface area contributed by atoms with Crippen LogP contribution in [-0.4, -0.2) is 34.6 Å². The quantitative estimate of drug-likeness (QED) is 0.783. The molecule has 1 aliphatic heterocycles. The molecular formula is C15H20ClN3. The number of imidazole rings is 1. The van der Waals surface area contributed by atoms with Crippen LogP contribution in [0.5, 0.6) is 0 Å². The van der Waals surface area contributed by atoms with Crippen LogP contribution < -0.4 is 0 Å². The maximum Gasteiger partial charge on any atom is 0.128 e. The Kier molecular flexibility index (Phi) is 3.27. The molecule has 0 bridgehead atoms. The third kappa shape index (κ3) is 2.26. The van der Waals surface area contributed by atoms with Crippen LogP contribution in [-0.2, 0) is 0 Å². The predicted molar refractivity (Wildman–Crippen MR) is 79.9 cm³/mol. The molecule has 0 amide bonds. The first kappa shape index (κ1) is 12.9. The van der Waals surface area contributed by atoms with Gasteiger partial charge in [-0.3, -0.25) is 0 Å². The zero-order valence-corrected chi connectivity index (χ0v) is 12.5. The van der Waals surface area contributed by atoms with Crippen molar-refractivity contribution in [3.05, 3.63) is 29.6 Å². The molecule has 0 saturated carbocycles. The van der Waals surface area contributed by atoms with Crippen LogP contribution in [0.25, 0.3) is 11.0 Å². The molecule has 1 aromatic heterocycles. The number of hydrogen-bond donors (Lipinski definition) is 0. The zero-order chi connectivity index (χ0) is 13.6. The normalized spacial score (nSPS) is 22.2. The Morgan fingerprint density at radius 2 is 2.21 bits per heavy atom. The van der Waals surface area contributed by atoms with E-state index in [1.807, 2.05) is 6.92 Å². The number of alkyl halides is 1. The van der Waals surface area contributed by atoms with Crippen molar-refractivity contribution >= 4 is 22.6 Å². The molecule has 3 rings (SSSR count). The number of likely N-dealkylation sites (tertiary alicyclic amines) is 1. The van der Waals surface area contributed by atoms with Gasteiger partial charge >= 0.3 is 0 Å². The average Bonchev–Trinajstić information content (AvgIpc) is 2.91. The van der Waals surface area contributed by atoms with E-state index >= 15 is 0 Å². The molecule has 1 fully saturated rings. The van der Waals surface area contributed by atoms with Crippen molar-refractivity contribution in [2.24, 2.45) is 0 Å². The number of halogens is 1. The molecule has 1 saturated heterocycles. The summed E-state index contributed by atoms with van der Waals surface area (Å²) in [5.74, 6) is 1.00. The van der Waals surface area contributed by atoms with Crippen LogP contribution in [0.1, 0.15) is 36.2 Å². The van der Waals surface area contributed by atoms with Gasteiger partial charge in [0, 0.05) is 12.6 Å². The lowest BCUT2D eigenvalue weighted by Gasteiger charge is -2.17. The second kappa shape index (κ2) is 4.80. The van der Waals surface area contributed by atoms with Crippen LogP contribution in [0.2, 0.25) is 0 Å². The minimum Gasteiger partial charge on any atom is -0.322 e. The molecule has 19 heavy (non-hydrogen) atoms. The van der Waals surface area contributed by atoms with Crippen LogP contribution >= 0.6 is 11.6 Å². The van der Waals surface area contributed by atoms with Gasteiger partial charge in [0.1, 0.15) is 5.82 Å². The van der Waals surface area contributed by atoms with Gasteiger partial charge in [-0.15, -0.1) is 11.6 Å². The lowest BCUT2D eigenvalue weighted by atomic mass is 10.2. The van der Waals surface area contributed by atoms with Gasteiger partial charge in [0.15, 0.2) is 0 Å². The largest absolute Gasteiger partial charge is 0.322 e. The molecule has 0 N–H and O–H groups in total. The van der Waals surface area contributed by atoms with Crippen molar-refractivity contribution in [3.63, 3.8) is 0 Å². The first-order chi connectivity index (χ1) is 9.06. The molecule has 4 heteroatoms. The number of aromatic nitrogens is 2. The highest BCUT2D eigenvalue weighted by Crippen LogP contribution is 2.32. The average molecular weight is 278 g/mol. The Hall–Kier alpha value is -1.06.